The molecule has 0 saturated heterocycles. The highest BCUT2D eigenvalue weighted by atomic mass is 35.5. The third-order valence-electron chi connectivity index (χ3n) is 4.54. The van der Waals surface area contributed by atoms with Crippen molar-refractivity contribution in [3.05, 3.63) is 55.7 Å². The number of rotatable bonds is 6. The van der Waals surface area contributed by atoms with Crippen molar-refractivity contribution in [1.82, 2.24) is 18.7 Å². The first-order valence-electron chi connectivity index (χ1n) is 8.73. The normalized spacial score (nSPS) is 11.5. The summed E-state index contributed by atoms with van der Waals surface area (Å²) >= 11 is 6.32. The van der Waals surface area contributed by atoms with Gasteiger partial charge in [-0.25, -0.2) is 4.79 Å². The Kier molecular flexibility index (Phi) is 5.38. The van der Waals surface area contributed by atoms with Gasteiger partial charge in [0, 0.05) is 19.1 Å². The van der Waals surface area contributed by atoms with Crippen molar-refractivity contribution in [2.75, 3.05) is 32.5 Å². The largest absolute Gasteiger partial charge is 0.350 e. The topological polar surface area (TPSA) is 78.3 Å². The van der Waals surface area contributed by atoms with Crippen molar-refractivity contribution in [2.45, 2.75) is 6.54 Å². The van der Waals surface area contributed by atoms with Gasteiger partial charge in [-0.15, -0.1) is 0 Å². The van der Waals surface area contributed by atoms with Gasteiger partial charge < -0.3 is 10.2 Å². The van der Waals surface area contributed by atoms with Gasteiger partial charge in [-0.05, 0) is 11.6 Å². The molecular formula is C18H24ClN6O2+. The van der Waals surface area contributed by atoms with E-state index in [-0.39, 0.29) is 5.56 Å². The summed E-state index contributed by atoms with van der Waals surface area (Å²) < 4.78 is 4.28. The molecule has 0 amide bonds. The Morgan fingerprint density at radius 1 is 1.15 bits per heavy atom. The summed E-state index contributed by atoms with van der Waals surface area (Å²) in [7, 11) is 7.21. The average Bonchev–Trinajstić information content (AvgIpc) is 2.98. The number of imidazole rings is 1. The molecule has 144 valence electrons. The summed E-state index contributed by atoms with van der Waals surface area (Å²) in [5, 5.41) is 3.91. The highest BCUT2D eigenvalue weighted by Crippen LogP contribution is 2.21. The van der Waals surface area contributed by atoms with Gasteiger partial charge in [0.1, 0.15) is 0 Å². The van der Waals surface area contributed by atoms with Crippen LogP contribution in [0.25, 0.3) is 11.2 Å². The van der Waals surface area contributed by atoms with Crippen molar-refractivity contribution in [1.29, 1.82) is 0 Å². The van der Waals surface area contributed by atoms with E-state index in [4.69, 9.17) is 11.6 Å². The van der Waals surface area contributed by atoms with E-state index in [1.807, 2.05) is 24.3 Å². The zero-order chi connectivity index (χ0) is 19.7. The molecule has 1 aromatic carbocycles. The molecule has 0 bridgehead atoms. The summed E-state index contributed by atoms with van der Waals surface area (Å²) in [6.45, 7) is 1.94. The molecule has 2 heterocycles. The third-order valence-corrected chi connectivity index (χ3v) is 4.91. The lowest BCUT2D eigenvalue weighted by atomic mass is 10.2. The van der Waals surface area contributed by atoms with Gasteiger partial charge in [0.15, 0.2) is 11.2 Å². The van der Waals surface area contributed by atoms with Crippen molar-refractivity contribution < 1.29 is 4.90 Å². The van der Waals surface area contributed by atoms with Gasteiger partial charge in [0.2, 0.25) is 5.95 Å². The smallest absolute Gasteiger partial charge is 0.332 e. The Morgan fingerprint density at radius 3 is 2.52 bits per heavy atom. The molecule has 0 atom stereocenters. The van der Waals surface area contributed by atoms with Crippen LogP contribution in [0.15, 0.2) is 33.9 Å². The molecule has 0 spiro atoms. The first-order valence-corrected chi connectivity index (χ1v) is 9.11. The number of hydrogen-bond donors (Lipinski definition) is 2. The minimum Gasteiger partial charge on any atom is -0.350 e. The number of nitrogens with zero attached hydrogens (tertiary/aromatic N) is 4. The van der Waals surface area contributed by atoms with Crippen LogP contribution in [0.2, 0.25) is 5.02 Å². The number of aryl methyl sites for hydroxylation is 1. The van der Waals surface area contributed by atoms with Crippen molar-refractivity contribution in [2.24, 2.45) is 14.1 Å². The minimum absolute atomic E-state index is 0.356. The summed E-state index contributed by atoms with van der Waals surface area (Å²) in [6.07, 6.45) is 0. The molecule has 0 aliphatic heterocycles. The second kappa shape index (κ2) is 7.58. The molecule has 0 aliphatic carbocycles. The van der Waals surface area contributed by atoms with Crippen LogP contribution < -0.4 is 21.5 Å². The Bertz CT molecular complexity index is 1100. The van der Waals surface area contributed by atoms with Crippen LogP contribution in [-0.2, 0) is 20.6 Å². The lowest BCUT2D eigenvalue weighted by Crippen LogP contribution is -3.06. The molecule has 0 saturated carbocycles. The van der Waals surface area contributed by atoms with Crippen molar-refractivity contribution in [3.63, 3.8) is 0 Å². The Labute approximate surface area is 161 Å². The quantitative estimate of drug-likeness (QED) is 0.604. The molecule has 0 aliphatic rings. The number of nitrogens with one attached hydrogen (secondary N) is 2. The van der Waals surface area contributed by atoms with Crippen LogP contribution in [-0.4, -0.2) is 45.9 Å². The fourth-order valence-corrected chi connectivity index (χ4v) is 3.15. The molecule has 0 unspecified atom stereocenters. The maximum Gasteiger partial charge on any atom is 0.332 e. The lowest BCUT2D eigenvalue weighted by molar-refractivity contribution is -0.856. The van der Waals surface area contributed by atoms with Crippen molar-refractivity contribution >= 4 is 28.7 Å². The van der Waals surface area contributed by atoms with E-state index in [1.165, 1.54) is 16.5 Å². The Morgan fingerprint density at radius 2 is 1.85 bits per heavy atom. The van der Waals surface area contributed by atoms with Gasteiger partial charge in [0.25, 0.3) is 5.56 Å². The molecule has 0 radical (unpaired) electrons. The van der Waals surface area contributed by atoms with Crippen LogP contribution in [0.1, 0.15) is 5.56 Å². The zero-order valence-electron chi connectivity index (χ0n) is 15.9. The van der Waals surface area contributed by atoms with Crippen LogP contribution in [0.5, 0.6) is 0 Å². The van der Waals surface area contributed by atoms with Crippen LogP contribution in [0, 0.1) is 0 Å². The van der Waals surface area contributed by atoms with Gasteiger partial charge in [-0.3, -0.25) is 18.5 Å². The van der Waals surface area contributed by atoms with Crippen LogP contribution in [0.3, 0.4) is 0 Å². The monoisotopic (exact) mass is 391 g/mol. The molecule has 8 nitrogen and oxygen atoms in total. The number of likely N-dealkylation sites (N-methyl/N-ethyl adjacent to an activating group) is 1. The highest BCUT2D eigenvalue weighted by molar-refractivity contribution is 6.31. The number of anilines is 1. The summed E-state index contributed by atoms with van der Waals surface area (Å²) in [5.41, 5.74) is 0.822. The summed E-state index contributed by atoms with van der Waals surface area (Å²) in [5.74, 6) is 0.546. The SMILES string of the molecule is Cn1c(=O)c2c(nc(NCC[NH+](C)C)n2Cc2ccccc2Cl)n(C)c1=O. The van der Waals surface area contributed by atoms with Gasteiger partial charge >= 0.3 is 5.69 Å². The van der Waals surface area contributed by atoms with Crippen LogP contribution in [0.4, 0.5) is 5.95 Å². The van der Waals surface area contributed by atoms with Crippen molar-refractivity contribution in [3.8, 4) is 0 Å². The number of hydrogen-bond acceptors (Lipinski definition) is 4. The average molecular weight is 392 g/mol. The maximum absolute atomic E-state index is 12.8. The molecule has 2 N–H and O–H groups in total. The number of fused-ring (bicyclic) bond motifs is 1. The van der Waals surface area contributed by atoms with E-state index in [0.717, 1.165) is 16.7 Å². The first kappa shape index (κ1) is 19.2. The molecule has 3 rings (SSSR count). The molecule has 2 aromatic heterocycles. The second-order valence-corrected chi connectivity index (χ2v) is 7.28. The molecule has 27 heavy (non-hydrogen) atoms. The van der Waals surface area contributed by atoms with Gasteiger partial charge in [-0.2, -0.15) is 4.98 Å². The second-order valence-electron chi connectivity index (χ2n) is 6.87. The van der Waals surface area contributed by atoms with Gasteiger partial charge in [0.05, 0.1) is 33.7 Å². The van der Waals surface area contributed by atoms with E-state index in [1.54, 1.807) is 11.6 Å². The number of halogens is 1. The Balaban J connectivity index is 2.19. The predicted octanol–water partition coefficient (Wildman–Crippen LogP) is -0.308. The Hall–Kier alpha value is -2.58. The number of quaternary nitrogens is 1. The number of aromatic nitrogens is 4. The summed E-state index contributed by atoms with van der Waals surface area (Å²) in [6, 6.07) is 7.48. The maximum atomic E-state index is 12.8. The van der Waals surface area contributed by atoms with E-state index >= 15 is 0 Å². The fraction of sp³-hybridized carbons (Fsp3) is 0.389. The van der Waals surface area contributed by atoms with E-state index in [2.05, 4.69) is 24.4 Å². The van der Waals surface area contributed by atoms with Crippen LogP contribution >= 0.6 is 11.6 Å². The highest BCUT2D eigenvalue weighted by Gasteiger charge is 2.19. The van der Waals surface area contributed by atoms with E-state index in [9.17, 15) is 9.59 Å². The molecular weight excluding hydrogens is 368 g/mol. The minimum atomic E-state index is -0.404. The zero-order valence-corrected chi connectivity index (χ0v) is 16.7. The van der Waals surface area contributed by atoms with E-state index < -0.39 is 5.69 Å². The fourth-order valence-electron chi connectivity index (χ4n) is 2.96. The van der Waals surface area contributed by atoms with Gasteiger partial charge in [-0.1, -0.05) is 29.8 Å². The first-order chi connectivity index (χ1) is 12.8. The standard InChI is InChI=1S/C18H23ClN6O2/c1-22(2)10-9-20-17-21-15-14(16(26)24(4)18(27)23(15)3)25(17)11-12-7-5-6-8-13(12)19/h5-8H,9-11H2,1-4H3,(H,20,21)/p+1. The molecule has 0 fully saturated rings. The molecule has 9 heteroatoms. The third kappa shape index (κ3) is 3.63. The number of benzene rings is 1. The summed E-state index contributed by atoms with van der Waals surface area (Å²) in [4.78, 5) is 30.9. The lowest BCUT2D eigenvalue weighted by Gasteiger charge is -2.13. The molecule has 3 aromatic rings. The van der Waals surface area contributed by atoms with E-state index in [0.29, 0.717) is 35.2 Å². The predicted molar refractivity (Wildman–Crippen MR) is 107 cm³/mol.